The molecule has 3 rings (SSSR count). The number of anilines is 1. The zero-order valence-electron chi connectivity index (χ0n) is 14.1. The Hall–Kier alpha value is -1.73. The van der Waals surface area contributed by atoms with Gasteiger partial charge in [0.15, 0.2) is 0 Å². The second-order valence-corrected chi connectivity index (χ2v) is 6.28. The molecule has 2 fully saturated rings. The monoisotopic (exact) mass is 318 g/mol. The number of rotatable bonds is 3. The maximum atomic E-state index is 12.5. The largest absolute Gasteiger partial charge is 0.353 e. The van der Waals surface area contributed by atoms with Gasteiger partial charge in [-0.05, 0) is 13.6 Å². The first-order valence-electron chi connectivity index (χ1n) is 8.44. The third kappa shape index (κ3) is 3.79. The normalized spacial score (nSPS) is 20.8. The van der Waals surface area contributed by atoms with Crippen LogP contribution in [-0.2, 0) is 0 Å². The SMILES string of the molecule is CCN1CCN(C(=O)c2cnc(N3CCN(C)CC3)cn2)CC1. The van der Waals surface area contributed by atoms with Gasteiger partial charge in [0.05, 0.1) is 12.4 Å². The molecule has 7 nitrogen and oxygen atoms in total. The van der Waals surface area contributed by atoms with Gasteiger partial charge in [0.2, 0.25) is 0 Å². The van der Waals surface area contributed by atoms with Crippen molar-refractivity contribution in [2.45, 2.75) is 6.92 Å². The van der Waals surface area contributed by atoms with Crippen molar-refractivity contribution < 1.29 is 4.79 Å². The summed E-state index contributed by atoms with van der Waals surface area (Å²) in [6.45, 7) is 10.6. The van der Waals surface area contributed by atoms with Crippen molar-refractivity contribution in [3.63, 3.8) is 0 Å². The standard InChI is InChI=1S/C16H26N6O/c1-3-20-6-10-22(11-7-20)16(23)14-12-18-15(13-17-14)21-8-4-19(2)5-9-21/h12-13H,3-11H2,1-2H3. The molecule has 1 amide bonds. The first-order valence-corrected chi connectivity index (χ1v) is 8.44. The van der Waals surface area contributed by atoms with E-state index in [0.717, 1.165) is 64.7 Å². The van der Waals surface area contributed by atoms with Gasteiger partial charge in [-0.2, -0.15) is 0 Å². The van der Waals surface area contributed by atoms with Gasteiger partial charge in [0.25, 0.3) is 5.91 Å². The van der Waals surface area contributed by atoms with Crippen LogP contribution in [0.2, 0.25) is 0 Å². The zero-order chi connectivity index (χ0) is 16.2. The highest BCUT2D eigenvalue weighted by Crippen LogP contribution is 2.13. The highest BCUT2D eigenvalue weighted by molar-refractivity contribution is 5.92. The Bertz CT molecular complexity index is 518. The number of hydrogen-bond acceptors (Lipinski definition) is 6. The predicted octanol–water partition coefficient (Wildman–Crippen LogP) is 0.00610. The molecule has 0 unspecified atom stereocenters. The third-order valence-corrected chi connectivity index (χ3v) is 4.79. The van der Waals surface area contributed by atoms with Crippen molar-refractivity contribution in [3.8, 4) is 0 Å². The van der Waals surface area contributed by atoms with Crippen LogP contribution < -0.4 is 4.90 Å². The zero-order valence-corrected chi connectivity index (χ0v) is 14.1. The fraction of sp³-hybridized carbons (Fsp3) is 0.688. The van der Waals surface area contributed by atoms with Gasteiger partial charge in [-0.15, -0.1) is 0 Å². The molecule has 7 heteroatoms. The molecule has 3 heterocycles. The topological polar surface area (TPSA) is 55.8 Å². The van der Waals surface area contributed by atoms with Crippen LogP contribution >= 0.6 is 0 Å². The molecule has 0 spiro atoms. The summed E-state index contributed by atoms with van der Waals surface area (Å²) >= 11 is 0. The fourth-order valence-corrected chi connectivity index (χ4v) is 3.06. The van der Waals surface area contributed by atoms with Crippen LogP contribution in [0.25, 0.3) is 0 Å². The van der Waals surface area contributed by atoms with Crippen LogP contribution in [0.15, 0.2) is 12.4 Å². The van der Waals surface area contributed by atoms with Crippen molar-refractivity contribution in [1.29, 1.82) is 0 Å². The molecule has 0 N–H and O–H groups in total. The van der Waals surface area contributed by atoms with Gasteiger partial charge in [0, 0.05) is 52.4 Å². The van der Waals surface area contributed by atoms with Crippen molar-refractivity contribution in [2.24, 2.45) is 0 Å². The van der Waals surface area contributed by atoms with Crippen LogP contribution in [0.1, 0.15) is 17.4 Å². The summed E-state index contributed by atoms with van der Waals surface area (Å²) in [5.41, 5.74) is 0.452. The molecule has 2 aliphatic heterocycles. The molecular formula is C16H26N6O. The Balaban J connectivity index is 1.59. The lowest BCUT2D eigenvalue weighted by molar-refractivity contribution is 0.0637. The minimum Gasteiger partial charge on any atom is -0.353 e. The number of likely N-dealkylation sites (N-methyl/N-ethyl adjacent to an activating group) is 2. The number of amides is 1. The number of carbonyl (C=O) groups excluding carboxylic acids is 1. The van der Waals surface area contributed by atoms with Crippen molar-refractivity contribution in [2.75, 3.05) is 70.9 Å². The molecule has 126 valence electrons. The van der Waals surface area contributed by atoms with Crippen molar-refractivity contribution in [1.82, 2.24) is 24.7 Å². The first kappa shape index (κ1) is 16.1. The summed E-state index contributed by atoms with van der Waals surface area (Å²) in [4.78, 5) is 30.1. The Morgan fingerprint density at radius 1 is 1.00 bits per heavy atom. The molecule has 2 aliphatic rings. The smallest absolute Gasteiger partial charge is 0.274 e. The Morgan fingerprint density at radius 2 is 1.70 bits per heavy atom. The van der Waals surface area contributed by atoms with Crippen molar-refractivity contribution >= 4 is 11.7 Å². The second kappa shape index (κ2) is 7.23. The summed E-state index contributed by atoms with van der Waals surface area (Å²) in [6, 6.07) is 0. The molecular weight excluding hydrogens is 292 g/mol. The Morgan fingerprint density at radius 3 is 2.26 bits per heavy atom. The Kier molecular flexibility index (Phi) is 5.07. The molecule has 2 saturated heterocycles. The van der Waals surface area contributed by atoms with Crippen LogP contribution in [-0.4, -0.2) is 96.5 Å². The van der Waals surface area contributed by atoms with E-state index < -0.39 is 0 Å². The number of piperazine rings is 2. The van der Waals surface area contributed by atoms with Gasteiger partial charge in [-0.25, -0.2) is 9.97 Å². The quantitative estimate of drug-likeness (QED) is 0.782. The van der Waals surface area contributed by atoms with E-state index in [1.54, 1.807) is 12.4 Å². The number of hydrogen-bond donors (Lipinski definition) is 0. The maximum absolute atomic E-state index is 12.5. The van der Waals surface area contributed by atoms with Crippen LogP contribution in [0.3, 0.4) is 0 Å². The first-order chi connectivity index (χ1) is 11.2. The molecule has 0 aliphatic carbocycles. The highest BCUT2D eigenvalue weighted by atomic mass is 16.2. The van der Waals surface area contributed by atoms with Crippen LogP contribution in [0, 0.1) is 0 Å². The van der Waals surface area contributed by atoms with E-state index in [0.29, 0.717) is 5.69 Å². The molecule has 23 heavy (non-hydrogen) atoms. The van der Waals surface area contributed by atoms with E-state index in [1.165, 1.54) is 0 Å². The van der Waals surface area contributed by atoms with E-state index >= 15 is 0 Å². The van der Waals surface area contributed by atoms with E-state index in [9.17, 15) is 4.79 Å². The third-order valence-electron chi connectivity index (χ3n) is 4.79. The second-order valence-electron chi connectivity index (χ2n) is 6.28. The summed E-state index contributed by atoms with van der Waals surface area (Å²) in [6.07, 6.45) is 3.36. The minimum absolute atomic E-state index is 0.00168. The van der Waals surface area contributed by atoms with Crippen LogP contribution in [0.5, 0.6) is 0 Å². The minimum atomic E-state index is -0.00168. The van der Waals surface area contributed by atoms with E-state index in [1.807, 2.05) is 4.90 Å². The van der Waals surface area contributed by atoms with Gasteiger partial charge < -0.3 is 19.6 Å². The molecule has 0 radical (unpaired) electrons. The van der Waals surface area contributed by atoms with Gasteiger partial charge in [0.1, 0.15) is 11.5 Å². The molecule has 1 aromatic heterocycles. The summed E-state index contributed by atoms with van der Waals surface area (Å²) in [5, 5.41) is 0. The average Bonchev–Trinajstić information content (AvgIpc) is 2.62. The number of carbonyl (C=O) groups is 1. The van der Waals surface area contributed by atoms with E-state index in [4.69, 9.17) is 0 Å². The fourth-order valence-electron chi connectivity index (χ4n) is 3.06. The number of nitrogens with zero attached hydrogens (tertiary/aromatic N) is 6. The summed E-state index contributed by atoms with van der Waals surface area (Å²) in [5.74, 6) is 0.864. The molecule has 0 saturated carbocycles. The molecule has 1 aromatic rings. The Labute approximate surface area is 137 Å². The molecule has 0 atom stereocenters. The summed E-state index contributed by atoms with van der Waals surface area (Å²) in [7, 11) is 2.13. The van der Waals surface area contributed by atoms with Crippen LogP contribution in [0.4, 0.5) is 5.82 Å². The summed E-state index contributed by atoms with van der Waals surface area (Å²) < 4.78 is 0. The predicted molar refractivity (Wildman–Crippen MR) is 89.8 cm³/mol. The lowest BCUT2D eigenvalue weighted by Crippen LogP contribution is -2.48. The lowest BCUT2D eigenvalue weighted by atomic mass is 10.3. The van der Waals surface area contributed by atoms with E-state index in [2.05, 4.69) is 38.6 Å². The van der Waals surface area contributed by atoms with Gasteiger partial charge in [-0.1, -0.05) is 6.92 Å². The molecule has 0 aromatic carbocycles. The van der Waals surface area contributed by atoms with Crippen molar-refractivity contribution in [3.05, 3.63) is 18.1 Å². The highest BCUT2D eigenvalue weighted by Gasteiger charge is 2.23. The molecule has 0 bridgehead atoms. The lowest BCUT2D eigenvalue weighted by Gasteiger charge is -2.34. The van der Waals surface area contributed by atoms with Gasteiger partial charge >= 0.3 is 0 Å². The maximum Gasteiger partial charge on any atom is 0.274 e. The average molecular weight is 318 g/mol. The number of aromatic nitrogens is 2. The van der Waals surface area contributed by atoms with E-state index in [-0.39, 0.29) is 5.91 Å². The van der Waals surface area contributed by atoms with Gasteiger partial charge in [-0.3, -0.25) is 4.79 Å².